The van der Waals surface area contributed by atoms with E-state index < -0.39 is 6.10 Å². The summed E-state index contributed by atoms with van der Waals surface area (Å²) in [5.41, 5.74) is 1.86. The van der Waals surface area contributed by atoms with Gasteiger partial charge in [-0.25, -0.2) is 4.39 Å². The third kappa shape index (κ3) is 3.80. The molecule has 1 aromatic carbocycles. The number of rotatable bonds is 3. The van der Waals surface area contributed by atoms with E-state index in [2.05, 4.69) is 19.9 Å². The number of allylic oxidation sites excluding steroid dienone is 2. The predicted octanol–water partition coefficient (Wildman–Crippen LogP) is 4.37. The molecule has 0 amide bonds. The molecule has 1 aliphatic carbocycles. The molecule has 0 aliphatic heterocycles. The van der Waals surface area contributed by atoms with E-state index in [1.54, 1.807) is 12.1 Å². The molecule has 0 bridgehead atoms. The Bertz CT molecular complexity index is 484. The molecule has 0 fully saturated rings. The summed E-state index contributed by atoms with van der Waals surface area (Å²) in [6.07, 6.45) is 3.98. The highest BCUT2D eigenvalue weighted by Gasteiger charge is 2.25. The van der Waals surface area contributed by atoms with Crippen molar-refractivity contribution in [3.05, 3.63) is 46.3 Å². The zero-order valence-electron chi connectivity index (χ0n) is 11.4. The first-order valence-electron chi connectivity index (χ1n) is 6.75. The molecule has 1 aliphatic rings. The van der Waals surface area contributed by atoms with Gasteiger partial charge in [0.15, 0.2) is 0 Å². The van der Waals surface area contributed by atoms with Gasteiger partial charge in [0, 0.05) is 11.4 Å². The second-order valence-corrected chi connectivity index (χ2v) is 6.13. The zero-order chi connectivity index (χ0) is 14.0. The van der Waals surface area contributed by atoms with Crippen LogP contribution in [0.4, 0.5) is 4.39 Å². The molecule has 0 aromatic heterocycles. The molecule has 0 saturated heterocycles. The minimum atomic E-state index is -0.498. The van der Waals surface area contributed by atoms with Crippen molar-refractivity contribution in [2.75, 3.05) is 0 Å². The van der Waals surface area contributed by atoms with Crippen LogP contribution in [0.1, 0.15) is 32.3 Å². The van der Waals surface area contributed by atoms with E-state index in [1.807, 2.05) is 0 Å². The summed E-state index contributed by atoms with van der Waals surface area (Å²) in [6, 6.07) is 4.63. The van der Waals surface area contributed by atoms with Crippen LogP contribution in [-0.4, -0.2) is 11.2 Å². The average molecular weight is 283 g/mol. The molecule has 0 spiro atoms. The molecule has 3 heteroatoms. The van der Waals surface area contributed by atoms with Gasteiger partial charge in [-0.3, -0.25) is 0 Å². The number of benzene rings is 1. The summed E-state index contributed by atoms with van der Waals surface area (Å²) in [5.74, 6) is 0.376. The third-order valence-electron chi connectivity index (χ3n) is 3.82. The van der Waals surface area contributed by atoms with E-state index in [0.717, 1.165) is 12.8 Å². The average Bonchev–Trinajstić information content (AvgIpc) is 2.31. The van der Waals surface area contributed by atoms with Gasteiger partial charge in [-0.2, -0.15) is 0 Å². The van der Waals surface area contributed by atoms with Crippen molar-refractivity contribution in [2.24, 2.45) is 11.8 Å². The Balaban J connectivity index is 2.05. The standard InChI is InChI=1S/C16H20ClFO/c1-10-5-11(2)7-13(6-10)16(19)8-12-3-4-14(17)9-15(12)18/h3-5,9-10,13,16,19H,6-8H2,1-2H3. The van der Waals surface area contributed by atoms with Crippen molar-refractivity contribution < 1.29 is 9.50 Å². The lowest BCUT2D eigenvalue weighted by Gasteiger charge is -2.29. The number of aliphatic hydroxyl groups excluding tert-OH is 1. The van der Waals surface area contributed by atoms with E-state index in [-0.39, 0.29) is 11.7 Å². The van der Waals surface area contributed by atoms with Crippen LogP contribution < -0.4 is 0 Å². The van der Waals surface area contributed by atoms with Crippen LogP contribution in [0.5, 0.6) is 0 Å². The van der Waals surface area contributed by atoms with Gasteiger partial charge < -0.3 is 5.11 Å². The second-order valence-electron chi connectivity index (χ2n) is 5.70. The van der Waals surface area contributed by atoms with Crippen molar-refractivity contribution >= 4 is 11.6 Å². The first kappa shape index (κ1) is 14.5. The summed E-state index contributed by atoms with van der Waals surface area (Å²) in [6.45, 7) is 4.25. The lowest BCUT2D eigenvalue weighted by atomic mass is 9.79. The van der Waals surface area contributed by atoms with E-state index >= 15 is 0 Å². The Hall–Kier alpha value is -0.860. The topological polar surface area (TPSA) is 20.2 Å². The molecule has 1 nitrogen and oxygen atoms in total. The van der Waals surface area contributed by atoms with E-state index in [1.165, 1.54) is 11.6 Å². The highest BCUT2D eigenvalue weighted by Crippen LogP contribution is 2.31. The van der Waals surface area contributed by atoms with Gasteiger partial charge >= 0.3 is 0 Å². The maximum absolute atomic E-state index is 13.7. The fraction of sp³-hybridized carbons (Fsp3) is 0.500. The van der Waals surface area contributed by atoms with Gasteiger partial charge in [-0.15, -0.1) is 0 Å². The van der Waals surface area contributed by atoms with Gasteiger partial charge in [-0.1, -0.05) is 36.2 Å². The summed E-state index contributed by atoms with van der Waals surface area (Å²) >= 11 is 5.73. The molecule has 1 N–H and O–H groups in total. The van der Waals surface area contributed by atoms with Crippen molar-refractivity contribution in [1.29, 1.82) is 0 Å². The Labute approximate surface area is 119 Å². The molecular formula is C16H20ClFO. The van der Waals surface area contributed by atoms with E-state index in [0.29, 0.717) is 22.9 Å². The number of hydrogen-bond acceptors (Lipinski definition) is 1. The predicted molar refractivity (Wildman–Crippen MR) is 76.8 cm³/mol. The van der Waals surface area contributed by atoms with Gasteiger partial charge in [0.05, 0.1) is 6.10 Å². The lowest BCUT2D eigenvalue weighted by molar-refractivity contribution is 0.0924. The van der Waals surface area contributed by atoms with Crippen molar-refractivity contribution in [2.45, 2.75) is 39.2 Å². The van der Waals surface area contributed by atoms with Gasteiger partial charge in [0.1, 0.15) is 5.82 Å². The van der Waals surface area contributed by atoms with Gasteiger partial charge in [-0.05, 0) is 49.3 Å². The van der Waals surface area contributed by atoms with E-state index in [4.69, 9.17) is 11.6 Å². The molecule has 104 valence electrons. The molecule has 0 saturated carbocycles. The first-order chi connectivity index (χ1) is 8.95. The Morgan fingerprint density at radius 2 is 2.21 bits per heavy atom. The molecule has 0 heterocycles. The van der Waals surface area contributed by atoms with Crippen molar-refractivity contribution in [3.63, 3.8) is 0 Å². The summed E-state index contributed by atoms with van der Waals surface area (Å²) in [4.78, 5) is 0. The normalized spacial score (nSPS) is 25.0. The largest absolute Gasteiger partial charge is 0.392 e. The Morgan fingerprint density at radius 1 is 1.47 bits per heavy atom. The lowest BCUT2D eigenvalue weighted by Crippen LogP contribution is -2.27. The SMILES string of the molecule is CC1=CC(C)CC(C(O)Cc2ccc(Cl)cc2F)C1. The Kier molecular flexibility index (Phi) is 4.64. The zero-order valence-corrected chi connectivity index (χ0v) is 12.1. The fourth-order valence-electron chi connectivity index (χ4n) is 2.97. The Morgan fingerprint density at radius 3 is 2.84 bits per heavy atom. The van der Waals surface area contributed by atoms with Crippen molar-refractivity contribution in [1.82, 2.24) is 0 Å². The van der Waals surface area contributed by atoms with Crippen molar-refractivity contribution in [3.8, 4) is 0 Å². The molecule has 3 unspecified atom stereocenters. The van der Waals surface area contributed by atoms with Crippen LogP contribution in [0.15, 0.2) is 29.8 Å². The summed E-state index contributed by atoms with van der Waals surface area (Å²) in [7, 11) is 0. The van der Waals surface area contributed by atoms with Crippen LogP contribution in [0.2, 0.25) is 5.02 Å². The van der Waals surface area contributed by atoms with Gasteiger partial charge in [0.25, 0.3) is 0 Å². The number of hydrogen-bond donors (Lipinski definition) is 1. The van der Waals surface area contributed by atoms with Crippen LogP contribution in [0.3, 0.4) is 0 Å². The number of aliphatic hydroxyl groups is 1. The fourth-order valence-corrected chi connectivity index (χ4v) is 3.13. The van der Waals surface area contributed by atoms with Crippen LogP contribution in [0.25, 0.3) is 0 Å². The summed E-state index contributed by atoms with van der Waals surface area (Å²) in [5, 5.41) is 10.7. The molecule has 2 rings (SSSR count). The highest BCUT2D eigenvalue weighted by atomic mass is 35.5. The maximum Gasteiger partial charge on any atom is 0.127 e. The maximum atomic E-state index is 13.7. The quantitative estimate of drug-likeness (QED) is 0.816. The first-order valence-corrected chi connectivity index (χ1v) is 7.12. The van der Waals surface area contributed by atoms with Gasteiger partial charge in [0.2, 0.25) is 0 Å². The smallest absolute Gasteiger partial charge is 0.127 e. The van der Waals surface area contributed by atoms with E-state index in [9.17, 15) is 9.50 Å². The monoisotopic (exact) mass is 282 g/mol. The third-order valence-corrected chi connectivity index (χ3v) is 4.05. The minimum Gasteiger partial charge on any atom is -0.392 e. The van der Waals surface area contributed by atoms with Crippen LogP contribution in [0, 0.1) is 17.7 Å². The molecule has 0 radical (unpaired) electrons. The summed E-state index contributed by atoms with van der Waals surface area (Å²) < 4.78 is 13.7. The molecular weight excluding hydrogens is 263 g/mol. The molecule has 3 atom stereocenters. The molecule has 1 aromatic rings. The number of halogens is 2. The van der Waals surface area contributed by atoms with Crippen LogP contribution >= 0.6 is 11.6 Å². The second kappa shape index (κ2) is 6.06. The minimum absolute atomic E-state index is 0.218. The molecule has 19 heavy (non-hydrogen) atoms. The highest BCUT2D eigenvalue weighted by molar-refractivity contribution is 6.30. The van der Waals surface area contributed by atoms with Crippen LogP contribution in [-0.2, 0) is 6.42 Å².